The van der Waals surface area contributed by atoms with Gasteiger partial charge in [-0.2, -0.15) is 0 Å². The van der Waals surface area contributed by atoms with E-state index in [1.165, 1.54) is 10.4 Å². The summed E-state index contributed by atoms with van der Waals surface area (Å²) < 4.78 is 0. The summed E-state index contributed by atoms with van der Waals surface area (Å²) in [6, 6.07) is 10.7. The van der Waals surface area contributed by atoms with Crippen LogP contribution in [0.25, 0.3) is 0 Å². The smallest absolute Gasteiger partial charge is 0.251 e. The molecule has 0 radical (unpaired) electrons. The normalized spacial score (nSPS) is 16.0. The molecule has 0 aliphatic carbocycles. The Balaban J connectivity index is 1.74. The predicted octanol–water partition coefficient (Wildman–Crippen LogP) is 3.48. The molecular formula is C20H24N2O2S. The Morgan fingerprint density at radius 1 is 1.24 bits per heavy atom. The van der Waals surface area contributed by atoms with Crippen molar-refractivity contribution in [2.45, 2.75) is 39.3 Å². The first kappa shape index (κ1) is 17.7. The lowest BCUT2D eigenvalue weighted by Crippen LogP contribution is -2.52. The van der Waals surface area contributed by atoms with Gasteiger partial charge in [-0.1, -0.05) is 38.5 Å². The zero-order valence-corrected chi connectivity index (χ0v) is 15.5. The molecule has 1 aliphatic rings. The number of hydrogen-bond acceptors (Lipinski definition) is 3. The molecule has 0 unspecified atom stereocenters. The molecule has 5 heteroatoms. The van der Waals surface area contributed by atoms with Crippen LogP contribution in [-0.4, -0.2) is 29.3 Å². The summed E-state index contributed by atoms with van der Waals surface area (Å²) in [5, 5.41) is 5.06. The number of nitrogens with zero attached hydrogens (tertiary/aromatic N) is 1. The van der Waals surface area contributed by atoms with E-state index < -0.39 is 6.04 Å². The molecule has 25 heavy (non-hydrogen) atoms. The minimum absolute atomic E-state index is 0.0236. The van der Waals surface area contributed by atoms with Gasteiger partial charge in [-0.15, -0.1) is 11.3 Å². The lowest BCUT2D eigenvalue weighted by atomic mass is 9.96. The van der Waals surface area contributed by atoms with Gasteiger partial charge in [0, 0.05) is 23.5 Å². The molecule has 0 saturated heterocycles. The van der Waals surface area contributed by atoms with Crippen LogP contribution in [-0.2, 0) is 17.8 Å². The molecule has 2 amide bonds. The number of amides is 2. The van der Waals surface area contributed by atoms with E-state index in [0.717, 1.165) is 19.4 Å². The van der Waals surface area contributed by atoms with E-state index in [-0.39, 0.29) is 17.7 Å². The topological polar surface area (TPSA) is 49.4 Å². The molecule has 3 rings (SSSR count). The SMILES string of the molecule is CC[C@@H](C)[C@@H](NC(=O)c1ccccc1)C(=O)N1CCc2sccc2C1. The summed E-state index contributed by atoms with van der Waals surface area (Å²) >= 11 is 1.76. The van der Waals surface area contributed by atoms with Crippen LogP contribution in [0.15, 0.2) is 41.8 Å². The summed E-state index contributed by atoms with van der Waals surface area (Å²) in [7, 11) is 0. The molecule has 2 atom stereocenters. The number of fused-ring (bicyclic) bond motifs is 1. The molecule has 1 N–H and O–H groups in total. The lowest BCUT2D eigenvalue weighted by Gasteiger charge is -2.33. The predicted molar refractivity (Wildman–Crippen MR) is 101 cm³/mol. The molecule has 2 heterocycles. The minimum atomic E-state index is -0.488. The van der Waals surface area contributed by atoms with Crippen molar-refractivity contribution in [3.63, 3.8) is 0 Å². The molecule has 132 valence electrons. The van der Waals surface area contributed by atoms with E-state index in [0.29, 0.717) is 12.1 Å². The highest BCUT2D eigenvalue weighted by Crippen LogP contribution is 2.25. The van der Waals surface area contributed by atoms with Gasteiger partial charge in [0.2, 0.25) is 5.91 Å². The number of benzene rings is 1. The summed E-state index contributed by atoms with van der Waals surface area (Å²) in [6.07, 6.45) is 1.74. The van der Waals surface area contributed by atoms with E-state index in [1.54, 1.807) is 23.5 Å². The third-order valence-electron chi connectivity index (χ3n) is 4.92. The Morgan fingerprint density at radius 3 is 2.72 bits per heavy atom. The second-order valence-corrected chi connectivity index (χ2v) is 7.58. The first-order valence-corrected chi connectivity index (χ1v) is 9.68. The second-order valence-electron chi connectivity index (χ2n) is 6.58. The van der Waals surface area contributed by atoms with Crippen LogP contribution >= 0.6 is 11.3 Å². The highest BCUT2D eigenvalue weighted by Gasteiger charge is 2.32. The molecule has 2 aromatic rings. The van der Waals surface area contributed by atoms with Gasteiger partial charge in [-0.3, -0.25) is 9.59 Å². The van der Waals surface area contributed by atoms with Crippen molar-refractivity contribution in [3.8, 4) is 0 Å². The second kappa shape index (κ2) is 7.83. The standard InChI is InChI=1S/C20H24N2O2S/c1-3-14(2)18(21-19(23)15-7-5-4-6-8-15)20(24)22-11-9-17-16(13-22)10-12-25-17/h4-8,10,12,14,18H,3,9,11,13H2,1-2H3,(H,21,23)/t14-,18-/m1/s1. The zero-order chi connectivity index (χ0) is 17.8. The van der Waals surface area contributed by atoms with Crippen LogP contribution in [0, 0.1) is 5.92 Å². The fraction of sp³-hybridized carbons (Fsp3) is 0.400. The number of rotatable bonds is 5. The number of carbonyl (C=O) groups is 2. The molecule has 4 nitrogen and oxygen atoms in total. The Labute approximate surface area is 152 Å². The van der Waals surface area contributed by atoms with Gasteiger partial charge in [0.15, 0.2) is 0 Å². The number of thiophene rings is 1. The van der Waals surface area contributed by atoms with E-state index in [2.05, 4.69) is 16.8 Å². The number of carbonyl (C=O) groups excluding carboxylic acids is 2. The van der Waals surface area contributed by atoms with Crippen LogP contribution in [0.2, 0.25) is 0 Å². The fourth-order valence-electron chi connectivity index (χ4n) is 3.13. The minimum Gasteiger partial charge on any atom is -0.340 e. The Kier molecular flexibility index (Phi) is 5.53. The van der Waals surface area contributed by atoms with Gasteiger partial charge in [-0.25, -0.2) is 0 Å². The third kappa shape index (κ3) is 3.93. The molecule has 0 bridgehead atoms. The van der Waals surface area contributed by atoms with Crippen molar-refractivity contribution in [3.05, 3.63) is 57.8 Å². The van der Waals surface area contributed by atoms with E-state index in [1.807, 2.05) is 36.9 Å². The third-order valence-corrected chi connectivity index (χ3v) is 5.94. The quantitative estimate of drug-likeness (QED) is 0.892. The first-order chi connectivity index (χ1) is 12.1. The molecule has 0 saturated carbocycles. The largest absolute Gasteiger partial charge is 0.340 e. The van der Waals surface area contributed by atoms with Crippen molar-refractivity contribution in [2.75, 3.05) is 6.54 Å². The molecule has 0 fully saturated rings. The fourth-order valence-corrected chi connectivity index (χ4v) is 4.02. The Bertz CT molecular complexity index is 741. The summed E-state index contributed by atoms with van der Waals surface area (Å²) in [5.74, 6) is -0.0769. The van der Waals surface area contributed by atoms with Crippen LogP contribution in [0.4, 0.5) is 0 Å². The van der Waals surface area contributed by atoms with Gasteiger partial charge < -0.3 is 10.2 Å². The first-order valence-electron chi connectivity index (χ1n) is 8.80. The number of nitrogens with one attached hydrogen (secondary N) is 1. The van der Waals surface area contributed by atoms with E-state index in [4.69, 9.17) is 0 Å². The van der Waals surface area contributed by atoms with Crippen molar-refractivity contribution in [1.29, 1.82) is 0 Å². The summed E-state index contributed by atoms with van der Waals surface area (Å²) in [4.78, 5) is 28.9. The molecule has 1 aromatic heterocycles. The van der Waals surface area contributed by atoms with Crippen molar-refractivity contribution in [1.82, 2.24) is 10.2 Å². The highest BCUT2D eigenvalue weighted by atomic mass is 32.1. The van der Waals surface area contributed by atoms with E-state index >= 15 is 0 Å². The van der Waals surface area contributed by atoms with Crippen LogP contribution < -0.4 is 5.32 Å². The maximum Gasteiger partial charge on any atom is 0.251 e. The van der Waals surface area contributed by atoms with Gasteiger partial charge >= 0.3 is 0 Å². The zero-order valence-electron chi connectivity index (χ0n) is 14.7. The van der Waals surface area contributed by atoms with Crippen LogP contribution in [0.1, 0.15) is 41.1 Å². The van der Waals surface area contributed by atoms with Crippen molar-refractivity contribution < 1.29 is 9.59 Å². The van der Waals surface area contributed by atoms with Crippen LogP contribution in [0.3, 0.4) is 0 Å². The molecule has 1 aliphatic heterocycles. The summed E-state index contributed by atoms with van der Waals surface area (Å²) in [5.41, 5.74) is 1.82. The van der Waals surface area contributed by atoms with Crippen molar-refractivity contribution in [2.24, 2.45) is 5.92 Å². The maximum absolute atomic E-state index is 13.1. The van der Waals surface area contributed by atoms with Crippen molar-refractivity contribution >= 4 is 23.2 Å². The average Bonchev–Trinajstić information content (AvgIpc) is 3.13. The Morgan fingerprint density at radius 2 is 2.00 bits per heavy atom. The molecular weight excluding hydrogens is 332 g/mol. The van der Waals surface area contributed by atoms with Gasteiger partial charge in [0.1, 0.15) is 6.04 Å². The molecule has 0 spiro atoms. The Hall–Kier alpha value is -2.14. The van der Waals surface area contributed by atoms with E-state index in [9.17, 15) is 9.59 Å². The number of hydrogen-bond donors (Lipinski definition) is 1. The lowest BCUT2D eigenvalue weighted by molar-refractivity contribution is -0.135. The van der Waals surface area contributed by atoms with Gasteiger partial charge in [-0.05, 0) is 41.5 Å². The highest BCUT2D eigenvalue weighted by molar-refractivity contribution is 7.10. The monoisotopic (exact) mass is 356 g/mol. The average molecular weight is 356 g/mol. The van der Waals surface area contributed by atoms with Crippen LogP contribution in [0.5, 0.6) is 0 Å². The maximum atomic E-state index is 13.1. The van der Waals surface area contributed by atoms with Gasteiger partial charge in [0.25, 0.3) is 5.91 Å². The summed E-state index contributed by atoms with van der Waals surface area (Å²) in [6.45, 7) is 5.44. The molecule has 1 aromatic carbocycles. The van der Waals surface area contributed by atoms with Gasteiger partial charge in [0.05, 0.1) is 0 Å².